The van der Waals surface area contributed by atoms with Crippen LogP contribution >= 0.6 is 0 Å². The number of aromatic hydroxyl groups is 2. The minimum absolute atomic E-state index is 0.176. The fourth-order valence-electron chi connectivity index (χ4n) is 0.850. The van der Waals surface area contributed by atoms with E-state index in [1.54, 1.807) is 6.07 Å². The van der Waals surface area contributed by atoms with E-state index < -0.39 is 6.10 Å². The van der Waals surface area contributed by atoms with Crippen LogP contribution in [0.5, 0.6) is 11.5 Å². The molecule has 0 saturated carbocycles. The van der Waals surface area contributed by atoms with E-state index in [0.29, 0.717) is 0 Å². The Kier molecular flexibility index (Phi) is 2.17. The topological polar surface area (TPSA) is 84.5 Å². The van der Waals surface area contributed by atoms with E-state index in [4.69, 9.17) is 20.6 Å². The molecular formula is C8H7NO3. The van der Waals surface area contributed by atoms with Gasteiger partial charge in [-0.3, -0.25) is 0 Å². The molecule has 0 aliphatic carbocycles. The summed E-state index contributed by atoms with van der Waals surface area (Å²) < 4.78 is 0. The van der Waals surface area contributed by atoms with E-state index in [1.165, 1.54) is 12.1 Å². The van der Waals surface area contributed by atoms with Crippen LogP contribution in [0.3, 0.4) is 0 Å². The normalized spacial score (nSPS) is 12.0. The Labute approximate surface area is 68.9 Å². The summed E-state index contributed by atoms with van der Waals surface area (Å²) in [4.78, 5) is 0. The van der Waals surface area contributed by atoms with E-state index in [-0.39, 0.29) is 17.1 Å². The van der Waals surface area contributed by atoms with E-state index in [9.17, 15) is 0 Å². The van der Waals surface area contributed by atoms with Gasteiger partial charge in [-0.2, -0.15) is 5.26 Å². The van der Waals surface area contributed by atoms with E-state index in [2.05, 4.69) is 0 Å². The van der Waals surface area contributed by atoms with Crippen molar-refractivity contribution in [2.45, 2.75) is 6.10 Å². The predicted octanol–water partition coefficient (Wildman–Crippen LogP) is 0.655. The largest absolute Gasteiger partial charge is 0.508 e. The lowest BCUT2D eigenvalue weighted by molar-refractivity contribution is 0.235. The maximum Gasteiger partial charge on any atom is 0.166 e. The Morgan fingerprint density at radius 1 is 1.17 bits per heavy atom. The molecule has 0 radical (unpaired) electrons. The van der Waals surface area contributed by atoms with Crippen LogP contribution in [0.25, 0.3) is 0 Å². The molecule has 62 valence electrons. The number of benzene rings is 1. The van der Waals surface area contributed by atoms with Crippen molar-refractivity contribution in [1.29, 1.82) is 5.26 Å². The molecule has 0 bridgehead atoms. The first-order chi connectivity index (χ1) is 5.63. The molecule has 0 saturated heterocycles. The van der Waals surface area contributed by atoms with Crippen molar-refractivity contribution in [3.05, 3.63) is 23.8 Å². The monoisotopic (exact) mass is 165 g/mol. The first kappa shape index (κ1) is 8.37. The van der Waals surface area contributed by atoms with Crippen LogP contribution in [0.15, 0.2) is 18.2 Å². The maximum atomic E-state index is 8.99. The van der Waals surface area contributed by atoms with Gasteiger partial charge in [0.25, 0.3) is 0 Å². The summed E-state index contributed by atoms with van der Waals surface area (Å²) in [5, 5.41) is 35.2. The molecule has 1 unspecified atom stereocenters. The highest BCUT2D eigenvalue weighted by Gasteiger charge is 2.07. The molecule has 3 N–H and O–H groups in total. The van der Waals surface area contributed by atoms with Crippen LogP contribution in [-0.4, -0.2) is 15.3 Å². The van der Waals surface area contributed by atoms with Gasteiger partial charge in [0.05, 0.1) is 6.07 Å². The third kappa shape index (κ3) is 1.65. The van der Waals surface area contributed by atoms with Crippen LogP contribution in [-0.2, 0) is 0 Å². The fourth-order valence-corrected chi connectivity index (χ4v) is 0.850. The summed E-state index contributed by atoms with van der Waals surface area (Å²) in [5.41, 5.74) is 0.176. The van der Waals surface area contributed by atoms with Crippen LogP contribution in [0.1, 0.15) is 11.7 Å². The second kappa shape index (κ2) is 3.11. The molecule has 1 aromatic carbocycles. The van der Waals surface area contributed by atoms with Crippen molar-refractivity contribution in [3.8, 4) is 17.6 Å². The van der Waals surface area contributed by atoms with Crippen LogP contribution in [0.4, 0.5) is 0 Å². The number of phenolic OH excluding ortho intramolecular Hbond substituents is 2. The molecule has 1 atom stereocenters. The standard InChI is InChI=1S/C8H7NO3/c9-4-8(12)5-1-6(10)3-7(11)2-5/h1-3,8,10-12H. The second-order valence-electron chi connectivity index (χ2n) is 2.31. The number of nitrogens with zero attached hydrogens (tertiary/aromatic N) is 1. The Hall–Kier alpha value is -1.73. The number of rotatable bonds is 1. The highest BCUT2D eigenvalue weighted by molar-refractivity contribution is 5.38. The van der Waals surface area contributed by atoms with Gasteiger partial charge in [-0.05, 0) is 12.1 Å². The highest BCUT2D eigenvalue weighted by atomic mass is 16.3. The summed E-state index contributed by atoms with van der Waals surface area (Å²) in [5.74, 6) is -0.362. The average Bonchev–Trinajstić information content (AvgIpc) is 2.01. The third-order valence-corrected chi connectivity index (χ3v) is 1.36. The van der Waals surface area contributed by atoms with Crippen molar-refractivity contribution in [3.63, 3.8) is 0 Å². The molecule has 1 aromatic rings. The number of nitriles is 1. The highest BCUT2D eigenvalue weighted by Crippen LogP contribution is 2.24. The Morgan fingerprint density at radius 2 is 1.67 bits per heavy atom. The minimum Gasteiger partial charge on any atom is -0.508 e. The number of aliphatic hydroxyl groups is 1. The quantitative estimate of drug-likeness (QED) is 0.533. The molecule has 12 heavy (non-hydrogen) atoms. The lowest BCUT2D eigenvalue weighted by Gasteiger charge is -2.03. The van der Waals surface area contributed by atoms with Gasteiger partial charge in [-0.15, -0.1) is 0 Å². The molecule has 4 heteroatoms. The average molecular weight is 165 g/mol. The fraction of sp³-hybridized carbons (Fsp3) is 0.125. The van der Waals surface area contributed by atoms with Crippen molar-refractivity contribution in [2.75, 3.05) is 0 Å². The molecule has 0 aliphatic heterocycles. The van der Waals surface area contributed by atoms with Crippen LogP contribution < -0.4 is 0 Å². The molecule has 0 fully saturated rings. The number of aliphatic hydroxyl groups excluding tert-OH is 1. The van der Waals surface area contributed by atoms with Gasteiger partial charge in [-0.1, -0.05) is 0 Å². The van der Waals surface area contributed by atoms with E-state index in [1.807, 2.05) is 0 Å². The number of hydrogen-bond donors (Lipinski definition) is 3. The lowest BCUT2D eigenvalue weighted by Crippen LogP contribution is -1.92. The van der Waals surface area contributed by atoms with Crippen molar-refractivity contribution >= 4 is 0 Å². The Bertz CT molecular complexity index is 309. The summed E-state index contributed by atoms with van der Waals surface area (Å²) in [7, 11) is 0. The van der Waals surface area contributed by atoms with Gasteiger partial charge in [0, 0.05) is 11.6 Å². The summed E-state index contributed by atoms with van der Waals surface area (Å²) in [6.07, 6.45) is -1.32. The minimum atomic E-state index is -1.32. The van der Waals surface area contributed by atoms with Gasteiger partial charge in [0.2, 0.25) is 0 Å². The first-order valence-electron chi connectivity index (χ1n) is 3.24. The molecule has 0 amide bonds. The zero-order valence-corrected chi connectivity index (χ0v) is 6.10. The van der Waals surface area contributed by atoms with Crippen molar-refractivity contribution in [1.82, 2.24) is 0 Å². The molecule has 0 aromatic heterocycles. The van der Waals surface area contributed by atoms with Gasteiger partial charge in [0.1, 0.15) is 11.5 Å². The lowest BCUT2D eigenvalue weighted by atomic mass is 10.1. The second-order valence-corrected chi connectivity index (χ2v) is 2.31. The third-order valence-electron chi connectivity index (χ3n) is 1.36. The van der Waals surface area contributed by atoms with Gasteiger partial charge >= 0.3 is 0 Å². The molecule has 0 spiro atoms. The Morgan fingerprint density at radius 3 is 2.08 bits per heavy atom. The zero-order chi connectivity index (χ0) is 9.14. The molecular weight excluding hydrogens is 158 g/mol. The van der Waals surface area contributed by atoms with E-state index in [0.717, 1.165) is 6.07 Å². The van der Waals surface area contributed by atoms with Crippen molar-refractivity contribution in [2.24, 2.45) is 0 Å². The maximum absolute atomic E-state index is 8.99. The van der Waals surface area contributed by atoms with Gasteiger partial charge in [-0.25, -0.2) is 0 Å². The van der Waals surface area contributed by atoms with E-state index >= 15 is 0 Å². The molecule has 1 rings (SSSR count). The van der Waals surface area contributed by atoms with Crippen LogP contribution in [0.2, 0.25) is 0 Å². The van der Waals surface area contributed by atoms with Gasteiger partial charge < -0.3 is 15.3 Å². The Balaban J connectivity index is 3.10. The number of phenols is 2. The summed E-state index contributed by atoms with van der Waals surface area (Å²) in [6, 6.07) is 5.12. The number of hydrogen-bond acceptors (Lipinski definition) is 4. The summed E-state index contributed by atoms with van der Waals surface area (Å²) in [6.45, 7) is 0. The first-order valence-corrected chi connectivity index (χ1v) is 3.24. The predicted molar refractivity (Wildman–Crippen MR) is 40.3 cm³/mol. The zero-order valence-electron chi connectivity index (χ0n) is 6.10. The van der Waals surface area contributed by atoms with Gasteiger partial charge in [0.15, 0.2) is 6.10 Å². The smallest absolute Gasteiger partial charge is 0.166 e. The van der Waals surface area contributed by atoms with Crippen LogP contribution in [0, 0.1) is 11.3 Å². The molecule has 4 nitrogen and oxygen atoms in total. The SMILES string of the molecule is N#CC(O)c1cc(O)cc(O)c1. The molecule has 0 heterocycles. The van der Waals surface area contributed by atoms with Crippen molar-refractivity contribution < 1.29 is 15.3 Å². The molecule has 0 aliphatic rings. The summed E-state index contributed by atoms with van der Waals surface area (Å²) >= 11 is 0.